The van der Waals surface area contributed by atoms with Crippen LogP contribution in [0.5, 0.6) is 0 Å². The number of tetrazole rings is 1. The van der Waals surface area contributed by atoms with Crippen LogP contribution in [0.25, 0.3) is 22.2 Å². The molecule has 0 saturated heterocycles. The Labute approximate surface area is 133 Å². The number of hydrogen-bond acceptors (Lipinski definition) is 5. The molecule has 1 N–H and O–H groups in total. The van der Waals surface area contributed by atoms with Crippen molar-refractivity contribution < 1.29 is 8.42 Å². The molecule has 23 heavy (non-hydrogen) atoms. The molecule has 116 valence electrons. The van der Waals surface area contributed by atoms with Gasteiger partial charge in [0.15, 0.2) is 0 Å². The number of rotatable bonds is 5. The Morgan fingerprint density at radius 3 is 2.61 bits per heavy atom. The molecule has 0 saturated carbocycles. The molecule has 0 radical (unpaired) electrons. The van der Waals surface area contributed by atoms with Crippen LogP contribution in [0.1, 0.15) is 5.56 Å². The number of sulfonamides is 1. The van der Waals surface area contributed by atoms with Crippen molar-refractivity contribution in [2.45, 2.75) is 0 Å². The number of benzene rings is 2. The first-order valence-electron chi connectivity index (χ1n) is 6.67. The average Bonchev–Trinajstić information content (AvgIpc) is 3.08. The van der Waals surface area contributed by atoms with Gasteiger partial charge in [-0.2, -0.15) is 5.21 Å². The summed E-state index contributed by atoms with van der Waals surface area (Å²) in [6.45, 7) is 0. The number of H-pyrrole nitrogens is 1. The predicted octanol–water partition coefficient (Wildman–Crippen LogP) is 2.87. The Bertz CT molecular complexity index is 906. The van der Waals surface area contributed by atoms with Crippen molar-refractivity contribution in [3.05, 3.63) is 70.3 Å². The molecule has 1 heterocycles. The van der Waals surface area contributed by atoms with Crippen LogP contribution in [0.15, 0.2) is 60.0 Å². The van der Waals surface area contributed by atoms with E-state index in [0.717, 1.165) is 11.0 Å². The number of nitrogens with one attached hydrogen (secondary N) is 1. The standard InChI is InChI=1S/C15H12N5O2S/c21-23(22,10-9-12-5-2-1-3-6-12)18-14-8-4-7-13(11-14)15-16-19-20-17-15/h1-11H,(H,16,17,19,20)/q-1/b10-9+. The van der Waals surface area contributed by atoms with Crippen molar-refractivity contribution in [3.8, 4) is 11.4 Å². The summed E-state index contributed by atoms with van der Waals surface area (Å²) < 4.78 is 27.9. The van der Waals surface area contributed by atoms with E-state index in [1.807, 2.05) is 30.3 Å². The van der Waals surface area contributed by atoms with Crippen LogP contribution < -0.4 is 0 Å². The first-order valence-corrected chi connectivity index (χ1v) is 8.18. The molecule has 0 aliphatic heterocycles. The maximum atomic E-state index is 12.1. The zero-order chi connectivity index (χ0) is 16.1. The number of aromatic amines is 1. The average molecular weight is 326 g/mol. The Balaban J connectivity index is 1.78. The second-order valence-electron chi connectivity index (χ2n) is 4.61. The van der Waals surface area contributed by atoms with Crippen LogP contribution in [0, 0.1) is 0 Å². The highest BCUT2D eigenvalue weighted by Crippen LogP contribution is 2.27. The maximum absolute atomic E-state index is 12.1. The topological polar surface area (TPSA) is 103 Å². The molecule has 1 aromatic heterocycles. The van der Waals surface area contributed by atoms with Gasteiger partial charge in [-0.05, 0) is 16.9 Å². The molecule has 0 atom stereocenters. The van der Waals surface area contributed by atoms with E-state index >= 15 is 0 Å². The van der Waals surface area contributed by atoms with Gasteiger partial charge in [-0.1, -0.05) is 54.6 Å². The summed E-state index contributed by atoms with van der Waals surface area (Å²) in [6.07, 6.45) is 1.50. The van der Waals surface area contributed by atoms with E-state index < -0.39 is 10.0 Å². The number of hydrogen-bond donors (Lipinski definition) is 1. The summed E-state index contributed by atoms with van der Waals surface area (Å²) in [5, 5.41) is 14.6. The quantitative estimate of drug-likeness (QED) is 0.776. The summed E-state index contributed by atoms with van der Waals surface area (Å²) in [4.78, 5) is 0. The predicted molar refractivity (Wildman–Crippen MR) is 87.0 cm³/mol. The van der Waals surface area contributed by atoms with Gasteiger partial charge in [0.1, 0.15) is 10.0 Å². The van der Waals surface area contributed by atoms with Gasteiger partial charge in [-0.25, -0.2) is 8.42 Å². The van der Waals surface area contributed by atoms with Gasteiger partial charge in [-0.3, -0.25) is 0 Å². The molecule has 0 amide bonds. The second-order valence-corrected chi connectivity index (χ2v) is 6.09. The zero-order valence-corrected chi connectivity index (χ0v) is 12.7. The molecule has 0 aliphatic rings. The van der Waals surface area contributed by atoms with Gasteiger partial charge >= 0.3 is 0 Å². The number of nitrogens with zero attached hydrogens (tertiary/aromatic N) is 4. The Hall–Kier alpha value is -3.00. The molecule has 0 fully saturated rings. The van der Waals surface area contributed by atoms with Crippen LogP contribution in [-0.2, 0) is 10.0 Å². The van der Waals surface area contributed by atoms with E-state index in [1.165, 1.54) is 6.08 Å². The van der Waals surface area contributed by atoms with Crippen LogP contribution in [0.3, 0.4) is 0 Å². The van der Waals surface area contributed by atoms with Crippen molar-refractivity contribution in [3.63, 3.8) is 0 Å². The fraction of sp³-hybridized carbons (Fsp3) is 0. The normalized spacial score (nSPS) is 11.7. The van der Waals surface area contributed by atoms with Crippen LogP contribution in [0.4, 0.5) is 5.69 Å². The molecule has 7 nitrogen and oxygen atoms in total. The van der Waals surface area contributed by atoms with Gasteiger partial charge in [0.25, 0.3) is 0 Å². The lowest BCUT2D eigenvalue weighted by Crippen LogP contribution is -1.91. The number of aromatic nitrogens is 4. The smallest absolute Gasteiger partial charge is 0.204 e. The molecule has 8 heteroatoms. The van der Waals surface area contributed by atoms with E-state index in [0.29, 0.717) is 17.1 Å². The molecule has 2 aromatic carbocycles. The SMILES string of the molecule is O=S(=O)(/C=C/c1ccccc1)[N-]c1cccc(-c2nn[nH]n2)c1. The molecule has 0 bridgehead atoms. The Morgan fingerprint density at radius 2 is 1.87 bits per heavy atom. The van der Waals surface area contributed by atoms with Crippen molar-refractivity contribution in [2.24, 2.45) is 0 Å². The van der Waals surface area contributed by atoms with E-state index in [1.54, 1.807) is 24.3 Å². The van der Waals surface area contributed by atoms with E-state index in [4.69, 9.17) is 0 Å². The summed E-state index contributed by atoms with van der Waals surface area (Å²) in [5.41, 5.74) is 1.71. The molecule has 0 aliphatic carbocycles. The van der Waals surface area contributed by atoms with Gasteiger partial charge < -0.3 is 4.72 Å². The van der Waals surface area contributed by atoms with Gasteiger partial charge in [0, 0.05) is 11.0 Å². The first-order chi connectivity index (χ1) is 11.1. The van der Waals surface area contributed by atoms with E-state index in [-0.39, 0.29) is 0 Å². The summed E-state index contributed by atoms with van der Waals surface area (Å²) in [7, 11) is -3.74. The lowest BCUT2D eigenvalue weighted by atomic mass is 10.2. The van der Waals surface area contributed by atoms with Crippen LogP contribution >= 0.6 is 0 Å². The van der Waals surface area contributed by atoms with Crippen molar-refractivity contribution in [2.75, 3.05) is 0 Å². The van der Waals surface area contributed by atoms with Crippen LogP contribution in [0.2, 0.25) is 0 Å². The summed E-state index contributed by atoms with van der Waals surface area (Å²) in [5.74, 6) is 0.374. The van der Waals surface area contributed by atoms with E-state index in [2.05, 4.69) is 25.3 Å². The third-order valence-corrected chi connectivity index (χ3v) is 3.86. The van der Waals surface area contributed by atoms with Crippen LogP contribution in [-0.4, -0.2) is 29.0 Å². The third-order valence-electron chi connectivity index (χ3n) is 2.91. The minimum atomic E-state index is -3.74. The lowest BCUT2D eigenvalue weighted by molar-refractivity contribution is 0.611. The molecule has 0 unspecified atom stereocenters. The highest BCUT2D eigenvalue weighted by atomic mass is 32.2. The lowest BCUT2D eigenvalue weighted by Gasteiger charge is -2.19. The Kier molecular flexibility index (Phi) is 4.15. The molecule has 0 spiro atoms. The molecular formula is C15H12N5O2S-. The first kappa shape index (κ1) is 14.9. The zero-order valence-electron chi connectivity index (χ0n) is 11.9. The molecular weight excluding hydrogens is 314 g/mol. The summed E-state index contributed by atoms with van der Waals surface area (Å²) in [6, 6.07) is 15.7. The van der Waals surface area contributed by atoms with Gasteiger partial charge in [0.2, 0.25) is 5.82 Å². The summed E-state index contributed by atoms with van der Waals surface area (Å²) >= 11 is 0. The van der Waals surface area contributed by atoms with E-state index in [9.17, 15) is 8.42 Å². The second kappa shape index (κ2) is 6.41. The fourth-order valence-electron chi connectivity index (χ4n) is 1.89. The third kappa shape index (κ3) is 4.01. The molecule has 3 aromatic rings. The highest BCUT2D eigenvalue weighted by molar-refractivity contribution is 7.97. The monoisotopic (exact) mass is 326 g/mol. The largest absolute Gasteiger partial charge is 0.573 e. The van der Waals surface area contributed by atoms with Crippen molar-refractivity contribution >= 4 is 21.8 Å². The van der Waals surface area contributed by atoms with Gasteiger partial charge in [0.05, 0.1) is 0 Å². The van der Waals surface area contributed by atoms with Crippen molar-refractivity contribution in [1.82, 2.24) is 20.6 Å². The highest BCUT2D eigenvalue weighted by Gasteiger charge is 2.02. The molecule has 3 rings (SSSR count). The van der Waals surface area contributed by atoms with Gasteiger partial charge in [-0.15, -0.1) is 15.9 Å². The van der Waals surface area contributed by atoms with Crippen molar-refractivity contribution in [1.29, 1.82) is 0 Å². The minimum absolute atomic E-state index is 0.296. The Morgan fingerprint density at radius 1 is 1.04 bits per heavy atom. The fourth-order valence-corrected chi connectivity index (χ4v) is 2.69. The minimum Gasteiger partial charge on any atom is -0.573 e. The maximum Gasteiger partial charge on any atom is 0.204 e.